The highest BCUT2D eigenvalue weighted by Gasteiger charge is 2.21. The molecule has 162 valence electrons. The van der Waals surface area contributed by atoms with Crippen LogP contribution in [0.15, 0.2) is 60.0 Å². The first kappa shape index (κ1) is 22.5. The van der Waals surface area contributed by atoms with E-state index in [0.717, 1.165) is 16.1 Å². The number of nitrogens with zero attached hydrogens (tertiary/aromatic N) is 2. The minimum absolute atomic E-state index is 0.275. The number of ether oxygens (including phenoxy) is 1. The predicted octanol–water partition coefficient (Wildman–Crippen LogP) is 5.35. The standard InChI is InChI=1S/C24H27N3O3S/c1-24(2,3)30-23(29)27(4)15-18-12-8-9-13-19(18)26-22(28)20-16-31-21(25-20)14-17-10-6-5-7-11-17/h5-13,16H,14-15H2,1-4H3,(H,26,28). The number of rotatable bonds is 6. The minimum Gasteiger partial charge on any atom is -0.444 e. The van der Waals surface area contributed by atoms with E-state index in [1.165, 1.54) is 16.2 Å². The molecule has 0 aliphatic rings. The van der Waals surface area contributed by atoms with Gasteiger partial charge in [0.1, 0.15) is 11.3 Å². The summed E-state index contributed by atoms with van der Waals surface area (Å²) in [6, 6.07) is 17.4. The Hall–Kier alpha value is -3.19. The van der Waals surface area contributed by atoms with Crippen LogP contribution in [0.25, 0.3) is 0 Å². The molecular formula is C24H27N3O3S. The maximum Gasteiger partial charge on any atom is 0.410 e. The molecular weight excluding hydrogens is 410 g/mol. The molecule has 31 heavy (non-hydrogen) atoms. The first-order valence-electron chi connectivity index (χ1n) is 10.0. The summed E-state index contributed by atoms with van der Waals surface area (Å²) in [5.41, 5.74) is 2.41. The number of para-hydroxylation sites is 1. The smallest absolute Gasteiger partial charge is 0.410 e. The van der Waals surface area contributed by atoms with Gasteiger partial charge in [-0.25, -0.2) is 9.78 Å². The fourth-order valence-corrected chi connectivity index (χ4v) is 3.70. The summed E-state index contributed by atoms with van der Waals surface area (Å²) in [5, 5.41) is 5.57. The van der Waals surface area contributed by atoms with Crippen molar-refractivity contribution in [3.63, 3.8) is 0 Å². The minimum atomic E-state index is -0.568. The van der Waals surface area contributed by atoms with E-state index in [1.54, 1.807) is 12.4 Å². The van der Waals surface area contributed by atoms with Crippen molar-refractivity contribution >= 4 is 29.0 Å². The lowest BCUT2D eigenvalue weighted by atomic mass is 10.1. The lowest BCUT2D eigenvalue weighted by Crippen LogP contribution is -2.34. The second-order valence-corrected chi connectivity index (χ2v) is 9.18. The average Bonchev–Trinajstić information content (AvgIpc) is 3.17. The van der Waals surface area contributed by atoms with E-state index >= 15 is 0 Å². The Balaban J connectivity index is 1.66. The average molecular weight is 438 g/mol. The van der Waals surface area contributed by atoms with Crippen LogP contribution in [-0.2, 0) is 17.7 Å². The summed E-state index contributed by atoms with van der Waals surface area (Å²) in [6.45, 7) is 5.79. The maximum atomic E-state index is 12.8. The molecule has 1 N–H and O–H groups in total. The van der Waals surface area contributed by atoms with Gasteiger partial charge < -0.3 is 15.0 Å². The molecule has 0 aliphatic carbocycles. The predicted molar refractivity (Wildman–Crippen MR) is 123 cm³/mol. The lowest BCUT2D eigenvalue weighted by Gasteiger charge is -2.25. The topological polar surface area (TPSA) is 71.5 Å². The van der Waals surface area contributed by atoms with Crippen molar-refractivity contribution in [2.24, 2.45) is 0 Å². The quantitative estimate of drug-likeness (QED) is 0.564. The summed E-state index contributed by atoms with van der Waals surface area (Å²) >= 11 is 1.47. The molecule has 0 radical (unpaired) electrons. The Bertz CT molecular complexity index is 1040. The van der Waals surface area contributed by atoms with Crippen LogP contribution in [-0.4, -0.2) is 34.5 Å². The number of hydrogen-bond donors (Lipinski definition) is 1. The second kappa shape index (κ2) is 9.75. The molecule has 3 aromatic rings. The lowest BCUT2D eigenvalue weighted by molar-refractivity contribution is 0.0285. The first-order valence-corrected chi connectivity index (χ1v) is 10.9. The molecule has 0 saturated carbocycles. The van der Waals surface area contributed by atoms with Crippen molar-refractivity contribution in [2.45, 2.75) is 39.3 Å². The van der Waals surface area contributed by atoms with E-state index in [0.29, 0.717) is 24.3 Å². The van der Waals surface area contributed by atoms with E-state index < -0.39 is 11.7 Å². The molecule has 6 nitrogen and oxygen atoms in total. The number of hydrogen-bond acceptors (Lipinski definition) is 5. The van der Waals surface area contributed by atoms with E-state index in [9.17, 15) is 9.59 Å². The second-order valence-electron chi connectivity index (χ2n) is 8.24. The van der Waals surface area contributed by atoms with Gasteiger partial charge in [0, 0.05) is 24.5 Å². The Morgan fingerprint density at radius 3 is 2.45 bits per heavy atom. The van der Waals surface area contributed by atoms with Crippen LogP contribution in [0.4, 0.5) is 10.5 Å². The molecule has 1 aromatic heterocycles. The molecule has 2 amide bonds. The van der Waals surface area contributed by atoms with Crippen molar-refractivity contribution in [3.05, 3.63) is 81.8 Å². The van der Waals surface area contributed by atoms with Gasteiger partial charge in [-0.05, 0) is 38.0 Å². The summed E-state index contributed by atoms with van der Waals surface area (Å²) < 4.78 is 5.40. The molecule has 0 bridgehead atoms. The van der Waals surface area contributed by atoms with Crippen molar-refractivity contribution in [3.8, 4) is 0 Å². The van der Waals surface area contributed by atoms with Gasteiger partial charge in [0.15, 0.2) is 0 Å². The van der Waals surface area contributed by atoms with Gasteiger partial charge in [-0.3, -0.25) is 4.79 Å². The number of amides is 2. The van der Waals surface area contributed by atoms with E-state index in [-0.39, 0.29) is 5.91 Å². The Morgan fingerprint density at radius 2 is 1.74 bits per heavy atom. The molecule has 0 spiro atoms. The van der Waals surface area contributed by atoms with E-state index in [4.69, 9.17) is 4.74 Å². The summed E-state index contributed by atoms with van der Waals surface area (Å²) in [5.74, 6) is -0.275. The van der Waals surface area contributed by atoms with Crippen LogP contribution in [0.3, 0.4) is 0 Å². The van der Waals surface area contributed by atoms with E-state index in [2.05, 4.69) is 10.3 Å². The van der Waals surface area contributed by atoms with Crippen molar-refractivity contribution in [1.29, 1.82) is 0 Å². The zero-order valence-corrected chi connectivity index (χ0v) is 19.0. The third-order valence-electron chi connectivity index (χ3n) is 4.36. The fraction of sp³-hybridized carbons (Fsp3) is 0.292. The monoisotopic (exact) mass is 437 g/mol. The van der Waals surface area contributed by atoms with Crippen molar-refractivity contribution in [2.75, 3.05) is 12.4 Å². The van der Waals surface area contributed by atoms with Gasteiger partial charge >= 0.3 is 6.09 Å². The van der Waals surface area contributed by atoms with Crippen LogP contribution in [0.1, 0.15) is 47.4 Å². The number of carbonyl (C=O) groups is 2. The number of benzene rings is 2. The summed E-state index contributed by atoms with van der Waals surface area (Å²) in [7, 11) is 1.67. The largest absolute Gasteiger partial charge is 0.444 e. The zero-order valence-electron chi connectivity index (χ0n) is 18.2. The van der Waals surface area contributed by atoms with Crippen LogP contribution in [0, 0.1) is 0 Å². The zero-order chi connectivity index (χ0) is 22.4. The normalized spacial score (nSPS) is 11.1. The molecule has 7 heteroatoms. The van der Waals surface area contributed by atoms with Gasteiger partial charge in [-0.15, -0.1) is 11.3 Å². The van der Waals surface area contributed by atoms with Gasteiger partial charge in [0.25, 0.3) is 5.91 Å². The highest BCUT2D eigenvalue weighted by molar-refractivity contribution is 7.09. The maximum absolute atomic E-state index is 12.8. The van der Waals surface area contributed by atoms with Crippen LogP contribution < -0.4 is 5.32 Å². The molecule has 0 fully saturated rings. The van der Waals surface area contributed by atoms with Crippen molar-refractivity contribution < 1.29 is 14.3 Å². The third kappa shape index (κ3) is 6.65. The van der Waals surface area contributed by atoms with Gasteiger partial charge in [-0.2, -0.15) is 0 Å². The highest BCUT2D eigenvalue weighted by Crippen LogP contribution is 2.20. The summed E-state index contributed by atoms with van der Waals surface area (Å²) in [6.07, 6.45) is 0.273. The number of carbonyl (C=O) groups excluding carboxylic acids is 2. The Morgan fingerprint density at radius 1 is 1.06 bits per heavy atom. The van der Waals surface area contributed by atoms with Gasteiger partial charge in [0.2, 0.25) is 0 Å². The number of aromatic nitrogens is 1. The number of anilines is 1. The highest BCUT2D eigenvalue weighted by atomic mass is 32.1. The van der Waals surface area contributed by atoms with Crippen molar-refractivity contribution in [1.82, 2.24) is 9.88 Å². The number of nitrogens with one attached hydrogen (secondary N) is 1. The first-order chi connectivity index (χ1) is 14.7. The molecule has 0 atom stereocenters. The SMILES string of the molecule is CN(Cc1ccccc1NC(=O)c1csc(Cc2ccccc2)n1)C(=O)OC(C)(C)C. The molecule has 3 rings (SSSR count). The van der Waals surface area contributed by atoms with E-state index in [1.807, 2.05) is 75.4 Å². The molecule has 0 aliphatic heterocycles. The molecule has 0 saturated heterocycles. The number of thiazole rings is 1. The molecule has 1 heterocycles. The molecule has 0 unspecified atom stereocenters. The van der Waals surface area contributed by atoms with Gasteiger partial charge in [-0.1, -0.05) is 48.5 Å². The van der Waals surface area contributed by atoms with Gasteiger partial charge in [0.05, 0.1) is 11.6 Å². The Labute approximate surface area is 186 Å². The van der Waals surface area contributed by atoms with Crippen LogP contribution in [0.5, 0.6) is 0 Å². The van der Waals surface area contributed by atoms with Crippen LogP contribution in [0.2, 0.25) is 0 Å². The molecule has 2 aromatic carbocycles. The fourth-order valence-electron chi connectivity index (χ4n) is 2.89. The van der Waals surface area contributed by atoms with Crippen LogP contribution >= 0.6 is 11.3 Å². The summed E-state index contributed by atoms with van der Waals surface area (Å²) in [4.78, 5) is 31.0. The third-order valence-corrected chi connectivity index (χ3v) is 5.21. The Kier molecular flexibility index (Phi) is 7.07.